The van der Waals surface area contributed by atoms with Crippen LogP contribution in [0.5, 0.6) is 11.5 Å². The average molecular weight is 221 g/mol. The fourth-order valence-corrected chi connectivity index (χ4v) is 1.91. The second kappa shape index (κ2) is 5.75. The van der Waals surface area contributed by atoms with Gasteiger partial charge < -0.3 is 15.2 Å². The summed E-state index contributed by atoms with van der Waals surface area (Å²) in [5, 5.41) is 0. The Labute approximate surface area is 96.5 Å². The van der Waals surface area contributed by atoms with E-state index >= 15 is 0 Å². The molecule has 2 N–H and O–H groups in total. The van der Waals surface area contributed by atoms with Gasteiger partial charge >= 0.3 is 0 Å². The van der Waals surface area contributed by atoms with Crippen LogP contribution >= 0.6 is 0 Å². The van der Waals surface area contributed by atoms with Crippen LogP contribution in [0.2, 0.25) is 0 Å². The molecule has 0 saturated carbocycles. The Hall–Kier alpha value is -1.22. The first-order valence-corrected chi connectivity index (χ1v) is 5.99. The summed E-state index contributed by atoms with van der Waals surface area (Å²) >= 11 is 0. The lowest BCUT2D eigenvalue weighted by molar-refractivity contribution is 0.296. The van der Waals surface area contributed by atoms with Crippen molar-refractivity contribution in [2.24, 2.45) is 5.73 Å². The van der Waals surface area contributed by atoms with Crippen molar-refractivity contribution in [2.75, 3.05) is 19.8 Å². The number of nitrogens with two attached hydrogens (primary N) is 1. The van der Waals surface area contributed by atoms with Crippen LogP contribution in [0.15, 0.2) is 18.2 Å². The van der Waals surface area contributed by atoms with Crippen LogP contribution in [0, 0.1) is 0 Å². The number of para-hydroxylation sites is 1. The first-order chi connectivity index (χ1) is 7.92. The van der Waals surface area contributed by atoms with Gasteiger partial charge in [0.2, 0.25) is 0 Å². The summed E-state index contributed by atoms with van der Waals surface area (Å²) in [5.41, 5.74) is 6.74. The fraction of sp³-hybridized carbons (Fsp3) is 0.538. The molecule has 0 unspecified atom stereocenters. The maximum Gasteiger partial charge on any atom is 0.164 e. The van der Waals surface area contributed by atoms with Crippen LogP contribution < -0.4 is 15.2 Å². The van der Waals surface area contributed by atoms with Gasteiger partial charge in [-0.15, -0.1) is 0 Å². The lowest BCUT2D eigenvalue weighted by Gasteiger charge is -2.11. The van der Waals surface area contributed by atoms with Crippen LogP contribution in [0.25, 0.3) is 0 Å². The summed E-state index contributed by atoms with van der Waals surface area (Å²) in [6.45, 7) is 2.26. The molecule has 0 bridgehead atoms. The van der Waals surface area contributed by atoms with Gasteiger partial charge in [-0.2, -0.15) is 0 Å². The molecule has 0 radical (unpaired) electrons. The molecule has 3 nitrogen and oxygen atoms in total. The first kappa shape index (κ1) is 11.3. The number of hydrogen-bond donors (Lipinski definition) is 1. The van der Waals surface area contributed by atoms with Crippen molar-refractivity contribution < 1.29 is 9.47 Å². The molecule has 3 heteroatoms. The quantitative estimate of drug-likeness (QED) is 0.792. The van der Waals surface area contributed by atoms with E-state index in [-0.39, 0.29) is 0 Å². The van der Waals surface area contributed by atoms with Crippen molar-refractivity contribution >= 4 is 0 Å². The molecule has 0 fully saturated rings. The zero-order chi connectivity index (χ0) is 11.2. The van der Waals surface area contributed by atoms with Gasteiger partial charge in [0.05, 0.1) is 13.2 Å². The highest BCUT2D eigenvalue weighted by molar-refractivity contribution is 5.47. The van der Waals surface area contributed by atoms with E-state index in [0.717, 1.165) is 56.9 Å². The zero-order valence-electron chi connectivity index (χ0n) is 9.58. The Morgan fingerprint density at radius 2 is 2.00 bits per heavy atom. The topological polar surface area (TPSA) is 44.5 Å². The normalized spacial score (nSPS) is 14.6. The van der Waals surface area contributed by atoms with Crippen LogP contribution in [-0.2, 0) is 6.42 Å². The second-order valence-corrected chi connectivity index (χ2v) is 4.04. The van der Waals surface area contributed by atoms with E-state index in [0.29, 0.717) is 0 Å². The van der Waals surface area contributed by atoms with E-state index in [1.165, 1.54) is 5.56 Å². The average Bonchev–Trinajstić information content (AvgIpc) is 2.55. The summed E-state index contributed by atoms with van der Waals surface area (Å²) < 4.78 is 11.4. The molecule has 1 aromatic rings. The van der Waals surface area contributed by atoms with Crippen molar-refractivity contribution in [3.8, 4) is 11.5 Å². The highest BCUT2D eigenvalue weighted by Gasteiger charge is 2.13. The molecule has 0 spiro atoms. The van der Waals surface area contributed by atoms with Crippen molar-refractivity contribution in [2.45, 2.75) is 25.7 Å². The number of benzene rings is 1. The van der Waals surface area contributed by atoms with Gasteiger partial charge in [0.1, 0.15) is 0 Å². The van der Waals surface area contributed by atoms with Crippen molar-refractivity contribution in [1.29, 1.82) is 0 Å². The van der Waals surface area contributed by atoms with Crippen LogP contribution in [0.3, 0.4) is 0 Å². The van der Waals surface area contributed by atoms with Crippen LogP contribution in [0.4, 0.5) is 0 Å². The molecule has 1 aliphatic heterocycles. The molecule has 0 saturated heterocycles. The smallest absolute Gasteiger partial charge is 0.164 e. The van der Waals surface area contributed by atoms with Gasteiger partial charge in [-0.1, -0.05) is 12.1 Å². The molecule has 1 heterocycles. The van der Waals surface area contributed by atoms with Gasteiger partial charge in [0, 0.05) is 6.42 Å². The number of hydrogen-bond acceptors (Lipinski definition) is 3. The van der Waals surface area contributed by atoms with Crippen LogP contribution in [-0.4, -0.2) is 19.8 Å². The van der Waals surface area contributed by atoms with Crippen molar-refractivity contribution in [3.63, 3.8) is 0 Å². The Morgan fingerprint density at radius 3 is 2.88 bits per heavy atom. The minimum Gasteiger partial charge on any atom is -0.490 e. The number of ether oxygens (including phenoxy) is 2. The fourth-order valence-electron chi connectivity index (χ4n) is 1.91. The van der Waals surface area contributed by atoms with Gasteiger partial charge in [0.25, 0.3) is 0 Å². The molecule has 1 aliphatic rings. The van der Waals surface area contributed by atoms with E-state index in [1.807, 2.05) is 12.1 Å². The Kier molecular flexibility index (Phi) is 4.05. The SMILES string of the molecule is NCCCCc1cccc2c1OCCCO2. The molecule has 0 aromatic heterocycles. The number of rotatable bonds is 4. The van der Waals surface area contributed by atoms with Gasteiger partial charge in [0.15, 0.2) is 11.5 Å². The van der Waals surface area contributed by atoms with Crippen molar-refractivity contribution in [3.05, 3.63) is 23.8 Å². The highest BCUT2D eigenvalue weighted by atomic mass is 16.5. The molecule has 88 valence electrons. The Balaban J connectivity index is 2.11. The summed E-state index contributed by atoms with van der Waals surface area (Å²) in [5.74, 6) is 1.83. The Bertz CT molecular complexity index is 339. The van der Waals surface area contributed by atoms with E-state index in [4.69, 9.17) is 15.2 Å². The highest BCUT2D eigenvalue weighted by Crippen LogP contribution is 2.33. The van der Waals surface area contributed by atoms with E-state index in [9.17, 15) is 0 Å². The third kappa shape index (κ3) is 2.67. The Morgan fingerprint density at radius 1 is 1.12 bits per heavy atom. The lowest BCUT2D eigenvalue weighted by Crippen LogP contribution is -2.01. The summed E-state index contributed by atoms with van der Waals surface area (Å²) in [6.07, 6.45) is 4.14. The van der Waals surface area contributed by atoms with E-state index in [2.05, 4.69) is 6.07 Å². The maximum absolute atomic E-state index is 5.75. The molecule has 16 heavy (non-hydrogen) atoms. The molecule has 2 rings (SSSR count). The standard InChI is InChI=1S/C13H19NO2/c14-8-2-1-5-11-6-3-7-12-13(11)16-10-4-9-15-12/h3,6-7H,1-2,4-5,8-10,14H2. The van der Waals surface area contributed by atoms with Gasteiger partial charge in [-0.05, 0) is 37.4 Å². The summed E-state index contributed by atoms with van der Waals surface area (Å²) in [6, 6.07) is 6.13. The second-order valence-electron chi connectivity index (χ2n) is 4.04. The maximum atomic E-state index is 5.75. The predicted octanol–water partition coefficient (Wildman–Crippen LogP) is 2.13. The third-order valence-electron chi connectivity index (χ3n) is 2.75. The minimum absolute atomic E-state index is 0.749. The molecule has 0 amide bonds. The molecule has 1 aromatic carbocycles. The molecule has 0 atom stereocenters. The molecule has 0 aliphatic carbocycles. The first-order valence-electron chi connectivity index (χ1n) is 5.99. The zero-order valence-corrected chi connectivity index (χ0v) is 9.58. The predicted molar refractivity (Wildman–Crippen MR) is 64.0 cm³/mol. The monoisotopic (exact) mass is 221 g/mol. The van der Waals surface area contributed by atoms with Crippen molar-refractivity contribution in [1.82, 2.24) is 0 Å². The molecular formula is C13H19NO2. The van der Waals surface area contributed by atoms with E-state index < -0.39 is 0 Å². The largest absolute Gasteiger partial charge is 0.490 e. The third-order valence-corrected chi connectivity index (χ3v) is 2.75. The number of unbranched alkanes of at least 4 members (excludes halogenated alkanes) is 1. The summed E-state index contributed by atoms with van der Waals surface area (Å²) in [4.78, 5) is 0. The van der Waals surface area contributed by atoms with Crippen LogP contribution in [0.1, 0.15) is 24.8 Å². The lowest BCUT2D eigenvalue weighted by atomic mass is 10.1. The van der Waals surface area contributed by atoms with Gasteiger partial charge in [-0.3, -0.25) is 0 Å². The number of fused-ring (bicyclic) bond motifs is 1. The minimum atomic E-state index is 0.749. The van der Waals surface area contributed by atoms with E-state index in [1.54, 1.807) is 0 Å². The number of aryl methyl sites for hydroxylation is 1. The summed E-state index contributed by atoms with van der Waals surface area (Å²) in [7, 11) is 0. The molecular weight excluding hydrogens is 202 g/mol. The van der Waals surface area contributed by atoms with Gasteiger partial charge in [-0.25, -0.2) is 0 Å².